The topological polar surface area (TPSA) is 132 Å². The van der Waals surface area contributed by atoms with Gasteiger partial charge in [-0.1, -0.05) is 6.07 Å². The number of pyridine rings is 1. The van der Waals surface area contributed by atoms with Crippen LogP contribution in [0.5, 0.6) is 5.75 Å². The van der Waals surface area contributed by atoms with Gasteiger partial charge in [0, 0.05) is 17.8 Å². The van der Waals surface area contributed by atoms with E-state index in [2.05, 4.69) is 10.3 Å². The Hall–Kier alpha value is -3.99. The molecule has 10 nitrogen and oxygen atoms in total. The highest BCUT2D eigenvalue weighted by atomic mass is 32.2. The lowest BCUT2D eigenvalue weighted by Crippen LogP contribution is -2.38. The van der Waals surface area contributed by atoms with Gasteiger partial charge in [-0.15, -0.1) is 0 Å². The molecule has 0 unspecified atom stereocenters. The molecular formula is C21H20N4O6S. The molecule has 0 fully saturated rings. The number of aromatic nitrogens is 1. The average molecular weight is 456 g/mol. The van der Waals surface area contributed by atoms with Crippen molar-refractivity contribution >= 4 is 33.0 Å². The fourth-order valence-electron chi connectivity index (χ4n) is 2.90. The van der Waals surface area contributed by atoms with Crippen molar-refractivity contribution in [3.63, 3.8) is 0 Å². The number of nitro groups is 1. The van der Waals surface area contributed by atoms with E-state index in [0.29, 0.717) is 17.0 Å². The van der Waals surface area contributed by atoms with Crippen molar-refractivity contribution in [3.05, 3.63) is 82.7 Å². The third-order valence-electron chi connectivity index (χ3n) is 4.56. The first kappa shape index (κ1) is 22.7. The number of carbonyl (C=O) groups excluding carboxylic acids is 1. The molecule has 1 heterocycles. The normalized spacial score (nSPS) is 10.9. The summed E-state index contributed by atoms with van der Waals surface area (Å²) in [6, 6.07) is 12.9. The highest BCUT2D eigenvalue weighted by Crippen LogP contribution is 2.29. The number of hydrogen-bond acceptors (Lipinski definition) is 7. The Morgan fingerprint density at radius 2 is 1.91 bits per heavy atom. The van der Waals surface area contributed by atoms with Gasteiger partial charge >= 0.3 is 0 Å². The molecule has 32 heavy (non-hydrogen) atoms. The first-order chi connectivity index (χ1) is 15.2. The van der Waals surface area contributed by atoms with E-state index in [1.807, 2.05) is 0 Å². The molecular weight excluding hydrogens is 436 g/mol. The summed E-state index contributed by atoms with van der Waals surface area (Å²) in [6.45, 7) is 0.947. The van der Waals surface area contributed by atoms with Gasteiger partial charge in [0.15, 0.2) is 0 Å². The monoisotopic (exact) mass is 456 g/mol. The van der Waals surface area contributed by atoms with Crippen molar-refractivity contribution in [1.82, 2.24) is 4.98 Å². The van der Waals surface area contributed by atoms with Crippen molar-refractivity contribution in [3.8, 4) is 5.75 Å². The summed E-state index contributed by atoms with van der Waals surface area (Å²) in [4.78, 5) is 26.9. The van der Waals surface area contributed by atoms with E-state index in [0.717, 1.165) is 10.4 Å². The van der Waals surface area contributed by atoms with Gasteiger partial charge in [-0.05, 0) is 49.4 Å². The molecule has 11 heteroatoms. The molecule has 0 aliphatic heterocycles. The van der Waals surface area contributed by atoms with E-state index in [9.17, 15) is 23.3 Å². The maximum atomic E-state index is 13.4. The number of rotatable bonds is 8. The molecule has 0 saturated heterocycles. The number of amides is 1. The van der Waals surface area contributed by atoms with Crippen LogP contribution in [0, 0.1) is 17.0 Å². The van der Waals surface area contributed by atoms with Crippen LogP contribution >= 0.6 is 0 Å². The number of methoxy groups -OCH3 is 1. The number of anilines is 2. The predicted molar refractivity (Wildman–Crippen MR) is 118 cm³/mol. The Labute approximate surface area is 184 Å². The average Bonchev–Trinajstić information content (AvgIpc) is 2.78. The van der Waals surface area contributed by atoms with Gasteiger partial charge in [0.2, 0.25) is 5.91 Å². The van der Waals surface area contributed by atoms with Gasteiger partial charge in [-0.2, -0.15) is 0 Å². The van der Waals surface area contributed by atoms with Crippen LogP contribution in [-0.2, 0) is 14.8 Å². The molecule has 3 rings (SSSR count). The first-order valence-electron chi connectivity index (χ1n) is 9.34. The molecule has 0 spiro atoms. The van der Waals surface area contributed by atoms with E-state index >= 15 is 0 Å². The fourth-order valence-corrected chi connectivity index (χ4v) is 4.35. The zero-order valence-electron chi connectivity index (χ0n) is 17.3. The molecule has 1 aromatic heterocycles. The van der Waals surface area contributed by atoms with E-state index in [1.165, 1.54) is 50.7 Å². The second kappa shape index (κ2) is 9.43. The van der Waals surface area contributed by atoms with E-state index in [1.54, 1.807) is 24.3 Å². The van der Waals surface area contributed by atoms with Crippen LogP contribution in [0.15, 0.2) is 71.9 Å². The summed E-state index contributed by atoms with van der Waals surface area (Å²) in [5.74, 6) is -0.115. The minimum Gasteiger partial charge on any atom is -0.497 e. The van der Waals surface area contributed by atoms with E-state index in [4.69, 9.17) is 4.74 Å². The lowest BCUT2D eigenvalue weighted by molar-refractivity contribution is -0.385. The van der Waals surface area contributed by atoms with Crippen LogP contribution in [-0.4, -0.2) is 37.9 Å². The van der Waals surface area contributed by atoms with Gasteiger partial charge in [0.1, 0.15) is 12.3 Å². The number of nitrogens with one attached hydrogen (secondary N) is 1. The largest absolute Gasteiger partial charge is 0.497 e. The molecule has 0 aliphatic rings. The molecule has 0 aliphatic carbocycles. The number of sulfonamides is 1. The Morgan fingerprint density at radius 1 is 1.19 bits per heavy atom. The zero-order chi connectivity index (χ0) is 23.3. The van der Waals surface area contributed by atoms with Gasteiger partial charge in [-0.3, -0.25) is 24.2 Å². The maximum absolute atomic E-state index is 13.4. The Balaban J connectivity index is 2.01. The summed E-state index contributed by atoms with van der Waals surface area (Å²) < 4.78 is 32.9. The van der Waals surface area contributed by atoms with Crippen LogP contribution in [0.4, 0.5) is 17.1 Å². The van der Waals surface area contributed by atoms with E-state index in [-0.39, 0.29) is 16.3 Å². The van der Waals surface area contributed by atoms with Crippen molar-refractivity contribution in [2.24, 2.45) is 0 Å². The number of ether oxygens (including phenoxy) is 1. The SMILES string of the molecule is COc1ccc(N(CC(=O)Nc2cccnc2)S(=O)(=O)c2ccc(C)c([N+](=O)[O-])c2)cc1. The van der Waals surface area contributed by atoms with Crippen molar-refractivity contribution in [2.45, 2.75) is 11.8 Å². The molecule has 1 N–H and O–H groups in total. The van der Waals surface area contributed by atoms with Crippen LogP contribution in [0.1, 0.15) is 5.56 Å². The minimum atomic E-state index is -4.32. The standard InChI is InChI=1S/C21H20N4O6S/c1-15-5-10-19(12-20(15)25(27)28)32(29,30)24(17-6-8-18(31-2)9-7-17)14-21(26)23-16-4-3-11-22-13-16/h3-13H,14H2,1-2H3,(H,23,26). The Kier molecular flexibility index (Phi) is 6.69. The molecule has 0 atom stereocenters. The van der Waals surface area contributed by atoms with Crippen molar-refractivity contribution < 1.29 is 22.9 Å². The van der Waals surface area contributed by atoms with Gasteiger partial charge < -0.3 is 10.1 Å². The van der Waals surface area contributed by atoms with E-state index < -0.39 is 27.4 Å². The number of benzene rings is 2. The van der Waals surface area contributed by atoms with Gasteiger partial charge in [0.25, 0.3) is 15.7 Å². The summed E-state index contributed by atoms with van der Waals surface area (Å²) in [5.41, 5.74) is 0.575. The highest BCUT2D eigenvalue weighted by molar-refractivity contribution is 7.92. The van der Waals surface area contributed by atoms with Crippen molar-refractivity contribution in [2.75, 3.05) is 23.3 Å². The third kappa shape index (κ3) is 5.01. The molecule has 0 bridgehead atoms. The number of carbonyl (C=O) groups is 1. The molecule has 2 aromatic carbocycles. The fraction of sp³-hybridized carbons (Fsp3) is 0.143. The Bertz CT molecular complexity index is 1230. The van der Waals surface area contributed by atoms with Gasteiger partial charge in [-0.25, -0.2) is 8.42 Å². The lowest BCUT2D eigenvalue weighted by atomic mass is 10.2. The highest BCUT2D eigenvalue weighted by Gasteiger charge is 2.29. The minimum absolute atomic E-state index is 0.190. The summed E-state index contributed by atoms with van der Waals surface area (Å²) >= 11 is 0. The third-order valence-corrected chi connectivity index (χ3v) is 6.33. The Morgan fingerprint density at radius 3 is 2.50 bits per heavy atom. The smallest absolute Gasteiger partial charge is 0.273 e. The summed E-state index contributed by atoms with van der Waals surface area (Å²) in [7, 11) is -2.85. The van der Waals surface area contributed by atoms with Crippen molar-refractivity contribution in [1.29, 1.82) is 0 Å². The van der Waals surface area contributed by atoms with Gasteiger partial charge in [0.05, 0.1) is 34.5 Å². The summed E-state index contributed by atoms with van der Waals surface area (Å²) in [6.07, 6.45) is 2.96. The molecule has 1 amide bonds. The van der Waals surface area contributed by atoms with Crippen LogP contribution in [0.2, 0.25) is 0 Å². The molecule has 3 aromatic rings. The number of aryl methyl sites for hydroxylation is 1. The number of nitrogens with zero attached hydrogens (tertiary/aromatic N) is 3. The van der Waals surface area contributed by atoms with Crippen LogP contribution in [0.3, 0.4) is 0 Å². The molecule has 166 valence electrons. The number of nitro benzene ring substituents is 1. The summed E-state index contributed by atoms with van der Waals surface area (Å²) in [5, 5.41) is 13.9. The quantitative estimate of drug-likeness (QED) is 0.407. The van der Waals surface area contributed by atoms with Crippen LogP contribution in [0.25, 0.3) is 0 Å². The predicted octanol–water partition coefficient (Wildman–Crippen LogP) is 3.14. The van der Waals surface area contributed by atoms with Crippen LogP contribution < -0.4 is 14.4 Å². The second-order valence-corrected chi connectivity index (χ2v) is 8.57. The second-order valence-electron chi connectivity index (χ2n) is 6.70. The molecule has 0 radical (unpaired) electrons. The lowest BCUT2D eigenvalue weighted by Gasteiger charge is -2.24. The molecule has 0 saturated carbocycles. The first-order valence-corrected chi connectivity index (χ1v) is 10.8. The number of hydrogen-bond donors (Lipinski definition) is 1. The maximum Gasteiger partial charge on any atom is 0.273 e. The zero-order valence-corrected chi connectivity index (χ0v) is 18.1.